The van der Waals surface area contributed by atoms with Crippen LogP contribution in [0, 0.1) is 70.0 Å². The Morgan fingerprint density at radius 2 is 1.00 bits per heavy atom. The Morgan fingerprint density at radius 3 is 1.37 bits per heavy atom. The molecule has 0 aromatic carbocycles. The van der Waals surface area contributed by atoms with Gasteiger partial charge in [-0.05, 0) is 159 Å². The molecular formula is C58H90O4. The first-order valence-electron chi connectivity index (χ1n) is 26.0. The molecule has 0 bridgehead atoms. The number of aliphatic hydroxyl groups is 2. The Morgan fingerprint density at radius 1 is 0.613 bits per heavy atom. The van der Waals surface area contributed by atoms with Crippen LogP contribution in [0.2, 0.25) is 0 Å². The van der Waals surface area contributed by atoms with Gasteiger partial charge in [-0.1, -0.05) is 154 Å². The standard InChI is InChI=1S/C58H90O4/c1-37(2)15-11-17-41(7)55-49(35-51-43(19-13-31-57(51,55)9)23-25-45-33-47(59)27-21-39(45)5)53(61)29-30-54(62)50-36-52-44(24-26-46-34-48(60)28-22-40(46)6)20-14-32-58(52,10)56(50)42(8)18-12-16-38(3)4/h23-26,37-38,41-42,47-52,55-56,59-60H,5-6,11-22,27-36H2,1-4,7-10H3/b43-23+,44-24+,45-25+,46-26+/t41-,42-,47+,48+,49?,50?,51+,52+,55-,56-,57+,58+/m1/s1. The number of allylic oxidation sites excluding steroid dienone is 8. The predicted molar refractivity (Wildman–Crippen MR) is 259 cm³/mol. The van der Waals surface area contributed by atoms with Crippen LogP contribution in [-0.4, -0.2) is 34.0 Å². The molecule has 6 aliphatic rings. The van der Waals surface area contributed by atoms with Gasteiger partial charge in [0, 0.05) is 24.7 Å². The molecule has 4 heteroatoms. The van der Waals surface area contributed by atoms with Crippen LogP contribution in [0.5, 0.6) is 0 Å². The van der Waals surface area contributed by atoms with E-state index in [9.17, 15) is 19.8 Å². The first-order chi connectivity index (χ1) is 29.4. The minimum atomic E-state index is -0.285. The van der Waals surface area contributed by atoms with Gasteiger partial charge in [0.05, 0.1) is 12.2 Å². The van der Waals surface area contributed by atoms with Gasteiger partial charge < -0.3 is 10.2 Å². The molecule has 0 aromatic rings. The van der Waals surface area contributed by atoms with E-state index in [1.54, 1.807) is 0 Å². The zero-order chi connectivity index (χ0) is 44.9. The molecule has 0 amide bonds. The van der Waals surface area contributed by atoms with Crippen LogP contribution < -0.4 is 0 Å². The zero-order valence-corrected chi connectivity index (χ0v) is 40.9. The fraction of sp³-hybridized carbons (Fsp3) is 0.759. The molecule has 62 heavy (non-hydrogen) atoms. The van der Waals surface area contributed by atoms with E-state index in [2.05, 4.69) is 92.9 Å². The Hall–Kier alpha value is -2.30. The molecule has 6 rings (SSSR count). The highest BCUT2D eigenvalue weighted by Crippen LogP contribution is 2.64. The van der Waals surface area contributed by atoms with Crippen molar-refractivity contribution in [3.05, 3.63) is 70.9 Å². The summed E-state index contributed by atoms with van der Waals surface area (Å²) in [4.78, 5) is 29.9. The molecule has 2 N–H and O–H groups in total. The van der Waals surface area contributed by atoms with E-state index in [0.717, 1.165) is 88.2 Å². The van der Waals surface area contributed by atoms with Crippen LogP contribution in [0.15, 0.2) is 70.9 Å². The monoisotopic (exact) mass is 851 g/mol. The summed E-state index contributed by atoms with van der Waals surface area (Å²) in [6.07, 6.45) is 29.9. The Bertz CT molecular complexity index is 1610. The molecule has 0 heterocycles. The minimum absolute atomic E-state index is 0.00229. The third kappa shape index (κ3) is 11.2. The molecule has 4 nitrogen and oxygen atoms in total. The van der Waals surface area contributed by atoms with Crippen LogP contribution in [-0.2, 0) is 9.59 Å². The van der Waals surface area contributed by atoms with Crippen molar-refractivity contribution < 1.29 is 19.8 Å². The fourth-order valence-electron chi connectivity index (χ4n) is 14.9. The second kappa shape index (κ2) is 21.3. The summed E-state index contributed by atoms with van der Waals surface area (Å²) < 4.78 is 0. The lowest BCUT2D eigenvalue weighted by molar-refractivity contribution is -0.131. The molecule has 2 unspecified atom stereocenters. The van der Waals surface area contributed by atoms with Crippen LogP contribution >= 0.6 is 0 Å². The number of carbonyl (C=O) groups excluding carboxylic acids is 2. The molecule has 0 spiro atoms. The van der Waals surface area contributed by atoms with Crippen molar-refractivity contribution in [2.75, 3.05) is 0 Å². The summed E-state index contributed by atoms with van der Waals surface area (Å²) in [7, 11) is 0. The number of ketones is 2. The molecule has 6 fully saturated rings. The summed E-state index contributed by atoms with van der Waals surface area (Å²) in [6.45, 7) is 27.9. The lowest BCUT2D eigenvalue weighted by atomic mass is 9.59. The lowest BCUT2D eigenvalue weighted by Crippen LogP contribution is -2.39. The van der Waals surface area contributed by atoms with Gasteiger partial charge in [-0.25, -0.2) is 0 Å². The largest absolute Gasteiger partial charge is 0.393 e. The van der Waals surface area contributed by atoms with Crippen molar-refractivity contribution in [2.24, 2.45) is 70.0 Å². The number of fused-ring (bicyclic) bond motifs is 2. The molecule has 12 atom stereocenters. The van der Waals surface area contributed by atoms with Crippen molar-refractivity contribution in [3.63, 3.8) is 0 Å². The molecule has 0 saturated heterocycles. The average Bonchev–Trinajstić information content (AvgIpc) is 3.72. The summed E-state index contributed by atoms with van der Waals surface area (Å²) >= 11 is 0. The van der Waals surface area contributed by atoms with Crippen molar-refractivity contribution in [2.45, 2.75) is 209 Å². The van der Waals surface area contributed by atoms with Crippen molar-refractivity contribution in [1.29, 1.82) is 0 Å². The molecule has 6 aliphatic carbocycles. The number of Topliss-reactive ketones (excluding diaryl/α,β-unsaturated/α-hetero) is 2. The first-order valence-corrected chi connectivity index (χ1v) is 26.0. The Balaban J connectivity index is 1.24. The van der Waals surface area contributed by atoms with E-state index in [0.29, 0.717) is 84.6 Å². The first kappa shape index (κ1) is 49.1. The van der Waals surface area contributed by atoms with E-state index in [1.807, 2.05) is 0 Å². The van der Waals surface area contributed by atoms with Gasteiger partial charge in [0.15, 0.2) is 0 Å². The van der Waals surface area contributed by atoms with Gasteiger partial charge in [-0.2, -0.15) is 0 Å². The number of carbonyl (C=O) groups is 2. The van der Waals surface area contributed by atoms with Crippen LogP contribution in [0.25, 0.3) is 0 Å². The van der Waals surface area contributed by atoms with Crippen LogP contribution in [0.4, 0.5) is 0 Å². The molecule has 6 saturated carbocycles. The van der Waals surface area contributed by atoms with Crippen molar-refractivity contribution >= 4 is 11.6 Å². The van der Waals surface area contributed by atoms with Gasteiger partial charge >= 0.3 is 0 Å². The van der Waals surface area contributed by atoms with Crippen LogP contribution in [0.3, 0.4) is 0 Å². The molecule has 0 aromatic heterocycles. The van der Waals surface area contributed by atoms with Crippen molar-refractivity contribution in [1.82, 2.24) is 0 Å². The van der Waals surface area contributed by atoms with E-state index in [1.165, 1.54) is 60.8 Å². The van der Waals surface area contributed by atoms with E-state index < -0.39 is 0 Å². The van der Waals surface area contributed by atoms with Gasteiger partial charge in [-0.3, -0.25) is 9.59 Å². The second-order valence-electron chi connectivity index (χ2n) is 23.5. The molecule has 0 radical (unpaired) electrons. The lowest BCUT2D eigenvalue weighted by Gasteiger charge is -2.45. The minimum Gasteiger partial charge on any atom is -0.393 e. The Labute approximate surface area is 379 Å². The Kier molecular flexibility index (Phi) is 16.9. The number of hydrogen-bond donors (Lipinski definition) is 2. The number of hydrogen-bond acceptors (Lipinski definition) is 4. The summed E-state index contributed by atoms with van der Waals surface area (Å²) in [6, 6.07) is 0. The topological polar surface area (TPSA) is 74.6 Å². The molecule has 0 aliphatic heterocycles. The summed E-state index contributed by atoms with van der Waals surface area (Å²) in [5, 5.41) is 20.9. The van der Waals surface area contributed by atoms with E-state index >= 15 is 0 Å². The highest BCUT2D eigenvalue weighted by atomic mass is 16.3. The molecular weight excluding hydrogens is 761 g/mol. The predicted octanol–water partition coefficient (Wildman–Crippen LogP) is 14.6. The zero-order valence-electron chi connectivity index (χ0n) is 40.9. The average molecular weight is 851 g/mol. The van der Waals surface area contributed by atoms with Crippen LogP contribution in [0.1, 0.15) is 197 Å². The maximum Gasteiger partial charge on any atom is 0.136 e. The smallest absolute Gasteiger partial charge is 0.136 e. The normalized spacial score (nSPS) is 37.7. The maximum atomic E-state index is 14.9. The van der Waals surface area contributed by atoms with Gasteiger partial charge in [0.25, 0.3) is 0 Å². The molecule has 346 valence electrons. The van der Waals surface area contributed by atoms with Crippen molar-refractivity contribution in [3.8, 4) is 0 Å². The number of aliphatic hydroxyl groups excluding tert-OH is 2. The highest BCUT2D eigenvalue weighted by molar-refractivity contribution is 5.89. The third-order valence-corrected chi connectivity index (χ3v) is 18.1. The summed E-state index contributed by atoms with van der Waals surface area (Å²) in [5.74, 6) is 4.38. The highest BCUT2D eigenvalue weighted by Gasteiger charge is 2.58. The quantitative estimate of drug-likeness (QED) is 0.153. The van der Waals surface area contributed by atoms with Gasteiger partial charge in [-0.15, -0.1) is 0 Å². The van der Waals surface area contributed by atoms with Gasteiger partial charge in [0.1, 0.15) is 11.6 Å². The fourth-order valence-corrected chi connectivity index (χ4v) is 14.9. The van der Waals surface area contributed by atoms with Gasteiger partial charge in [0.2, 0.25) is 0 Å². The SMILES string of the molecule is C=C1CC[C@H](O)C/C1=C\C=C1/CCC[C@@]2(C)[C@H]1CC(C(=O)CCC(=O)C1C[C@H]3/C(=C/C=C4\C[C@@H](O)CCC4=C)CCC[C@]3(C)[C@@H]1[C@H](C)CCCC(C)C)[C@H]2[C@H](C)CCCC(C)C. The third-order valence-electron chi connectivity index (χ3n) is 18.1. The van der Waals surface area contributed by atoms with E-state index in [-0.39, 0.29) is 34.9 Å². The number of rotatable bonds is 17. The maximum absolute atomic E-state index is 14.9. The second-order valence-corrected chi connectivity index (χ2v) is 23.5. The summed E-state index contributed by atoms with van der Waals surface area (Å²) in [5.41, 5.74) is 7.81. The van der Waals surface area contributed by atoms with E-state index in [4.69, 9.17) is 0 Å².